The molecule has 0 unspecified atom stereocenters. The Labute approximate surface area is 111 Å². The van der Waals surface area contributed by atoms with Gasteiger partial charge in [0.05, 0.1) is 0 Å². The molecule has 1 heterocycles. The van der Waals surface area contributed by atoms with Crippen LogP contribution >= 0.6 is 0 Å². The molecular weight excluding hydrogens is 251 g/mol. The van der Waals surface area contributed by atoms with Crippen molar-refractivity contribution < 1.29 is 18.7 Å². The van der Waals surface area contributed by atoms with Crippen molar-refractivity contribution >= 4 is 11.9 Å². The summed E-state index contributed by atoms with van der Waals surface area (Å²) in [6, 6.07) is 1.54. The number of aromatic nitrogens is 1. The molecular formula is C13H17FN2O3. The van der Waals surface area contributed by atoms with Crippen LogP contribution < -0.4 is 5.32 Å². The van der Waals surface area contributed by atoms with Crippen molar-refractivity contribution in [2.45, 2.75) is 39.3 Å². The van der Waals surface area contributed by atoms with Gasteiger partial charge in [0.15, 0.2) is 0 Å². The van der Waals surface area contributed by atoms with Gasteiger partial charge in [0.1, 0.15) is 11.6 Å². The molecule has 0 bridgehead atoms. The van der Waals surface area contributed by atoms with E-state index in [2.05, 4.69) is 10.3 Å². The molecule has 1 N–H and O–H groups in total. The van der Waals surface area contributed by atoms with Gasteiger partial charge in [0.25, 0.3) is 5.91 Å². The Morgan fingerprint density at radius 1 is 1.42 bits per heavy atom. The average molecular weight is 268 g/mol. The third-order valence-electron chi connectivity index (χ3n) is 2.10. The number of amides is 1. The van der Waals surface area contributed by atoms with Crippen LogP contribution in [0.1, 0.15) is 38.1 Å². The Morgan fingerprint density at radius 2 is 2.05 bits per heavy atom. The molecule has 1 atom stereocenters. The number of hydrogen-bond donors (Lipinski definition) is 1. The van der Waals surface area contributed by atoms with Gasteiger partial charge < -0.3 is 10.1 Å². The number of ether oxygens (including phenoxy) is 1. The fourth-order valence-electron chi connectivity index (χ4n) is 1.27. The van der Waals surface area contributed by atoms with Crippen LogP contribution in [0.4, 0.5) is 4.39 Å². The number of esters is 1. The van der Waals surface area contributed by atoms with E-state index in [-0.39, 0.29) is 5.56 Å². The Kier molecular flexibility index (Phi) is 4.58. The molecule has 1 rings (SSSR count). The quantitative estimate of drug-likeness (QED) is 0.669. The van der Waals surface area contributed by atoms with Crippen LogP contribution in [-0.2, 0) is 9.53 Å². The van der Waals surface area contributed by atoms with Crippen LogP contribution in [0.2, 0.25) is 0 Å². The van der Waals surface area contributed by atoms with E-state index in [0.717, 1.165) is 6.07 Å². The minimum absolute atomic E-state index is 0.0999. The lowest BCUT2D eigenvalue weighted by atomic mass is 10.2. The topological polar surface area (TPSA) is 68.3 Å². The predicted molar refractivity (Wildman–Crippen MR) is 67.0 cm³/mol. The molecule has 0 aliphatic heterocycles. The minimum Gasteiger partial charge on any atom is -0.458 e. The van der Waals surface area contributed by atoms with Crippen LogP contribution in [0.5, 0.6) is 0 Å². The summed E-state index contributed by atoms with van der Waals surface area (Å²) in [5.41, 5.74) is -0.526. The lowest BCUT2D eigenvalue weighted by molar-refractivity contribution is -0.156. The summed E-state index contributed by atoms with van der Waals surface area (Å²) in [5, 5.41) is 2.44. The molecule has 0 aromatic carbocycles. The number of nitrogens with zero attached hydrogens (tertiary/aromatic N) is 1. The molecule has 5 nitrogen and oxygen atoms in total. The van der Waals surface area contributed by atoms with Gasteiger partial charge in [-0.05, 0) is 33.8 Å². The average Bonchev–Trinajstić information content (AvgIpc) is 2.26. The van der Waals surface area contributed by atoms with Gasteiger partial charge in [0.2, 0.25) is 5.95 Å². The van der Waals surface area contributed by atoms with Crippen LogP contribution in [0.15, 0.2) is 18.3 Å². The maximum absolute atomic E-state index is 12.9. The summed E-state index contributed by atoms with van der Waals surface area (Å²) in [7, 11) is 0. The van der Waals surface area contributed by atoms with Crippen LogP contribution in [0.3, 0.4) is 0 Å². The van der Waals surface area contributed by atoms with Crippen molar-refractivity contribution in [3.63, 3.8) is 0 Å². The lowest BCUT2D eigenvalue weighted by Gasteiger charge is -2.22. The smallest absolute Gasteiger partial charge is 0.328 e. The summed E-state index contributed by atoms with van der Waals surface area (Å²) < 4.78 is 18.0. The SMILES string of the molecule is C[C@@H](NC(=O)c1ccnc(F)c1)C(=O)OC(C)(C)C. The molecule has 0 saturated heterocycles. The highest BCUT2D eigenvalue weighted by Gasteiger charge is 2.23. The number of hydrogen-bond acceptors (Lipinski definition) is 4. The zero-order chi connectivity index (χ0) is 14.6. The van der Waals surface area contributed by atoms with Gasteiger partial charge in [-0.2, -0.15) is 4.39 Å². The first kappa shape index (κ1) is 15.1. The lowest BCUT2D eigenvalue weighted by Crippen LogP contribution is -2.42. The van der Waals surface area contributed by atoms with E-state index < -0.39 is 29.5 Å². The fourth-order valence-corrected chi connectivity index (χ4v) is 1.27. The highest BCUT2D eigenvalue weighted by Crippen LogP contribution is 2.09. The molecule has 6 heteroatoms. The first-order valence-corrected chi connectivity index (χ1v) is 5.84. The largest absolute Gasteiger partial charge is 0.458 e. The van der Waals surface area contributed by atoms with Gasteiger partial charge in [-0.25, -0.2) is 9.78 Å². The second-order valence-corrected chi connectivity index (χ2v) is 5.10. The maximum Gasteiger partial charge on any atom is 0.328 e. The molecule has 1 aromatic rings. The summed E-state index contributed by atoms with van der Waals surface area (Å²) in [4.78, 5) is 26.8. The van der Waals surface area contributed by atoms with E-state index >= 15 is 0 Å². The number of carbonyl (C=O) groups excluding carboxylic acids is 2. The van der Waals surface area contributed by atoms with E-state index in [1.807, 2.05) is 0 Å². The zero-order valence-electron chi connectivity index (χ0n) is 11.4. The molecule has 0 fully saturated rings. The molecule has 104 valence electrons. The van der Waals surface area contributed by atoms with Crippen molar-refractivity contribution in [3.05, 3.63) is 29.8 Å². The van der Waals surface area contributed by atoms with Crippen molar-refractivity contribution in [3.8, 4) is 0 Å². The highest BCUT2D eigenvalue weighted by atomic mass is 19.1. The Hall–Kier alpha value is -1.98. The van der Waals surface area contributed by atoms with E-state index in [4.69, 9.17) is 4.74 Å². The highest BCUT2D eigenvalue weighted by molar-refractivity contribution is 5.96. The van der Waals surface area contributed by atoms with Gasteiger partial charge in [-0.15, -0.1) is 0 Å². The number of nitrogens with one attached hydrogen (secondary N) is 1. The second-order valence-electron chi connectivity index (χ2n) is 5.10. The third-order valence-corrected chi connectivity index (χ3v) is 2.10. The predicted octanol–water partition coefficient (Wildman–Crippen LogP) is 1.68. The van der Waals surface area contributed by atoms with E-state index in [1.165, 1.54) is 19.2 Å². The maximum atomic E-state index is 12.9. The summed E-state index contributed by atoms with van der Waals surface area (Å²) >= 11 is 0. The summed E-state index contributed by atoms with van der Waals surface area (Å²) in [6.45, 7) is 6.70. The summed E-state index contributed by atoms with van der Waals surface area (Å²) in [5.74, 6) is -1.85. The molecule has 0 saturated carbocycles. The van der Waals surface area contributed by atoms with Crippen LogP contribution in [0.25, 0.3) is 0 Å². The Bertz CT molecular complexity index is 483. The monoisotopic (exact) mass is 268 g/mol. The van der Waals surface area contributed by atoms with Gasteiger partial charge >= 0.3 is 5.97 Å². The second kappa shape index (κ2) is 5.77. The van der Waals surface area contributed by atoms with Gasteiger partial charge in [0, 0.05) is 17.8 Å². The van der Waals surface area contributed by atoms with E-state index in [0.29, 0.717) is 0 Å². The normalized spacial score (nSPS) is 12.7. The van der Waals surface area contributed by atoms with Crippen molar-refractivity contribution in [2.24, 2.45) is 0 Å². The molecule has 0 aliphatic rings. The first-order chi connectivity index (χ1) is 8.69. The molecule has 0 spiro atoms. The van der Waals surface area contributed by atoms with Gasteiger partial charge in [-0.1, -0.05) is 0 Å². The first-order valence-electron chi connectivity index (χ1n) is 5.84. The standard InChI is InChI=1S/C13H17FN2O3/c1-8(12(18)19-13(2,3)4)16-11(17)9-5-6-15-10(14)7-9/h5-8H,1-4H3,(H,16,17)/t8-/m1/s1. The molecule has 1 amide bonds. The summed E-state index contributed by atoms with van der Waals surface area (Å²) in [6.07, 6.45) is 1.18. The van der Waals surface area contributed by atoms with Crippen LogP contribution in [-0.4, -0.2) is 28.5 Å². The van der Waals surface area contributed by atoms with E-state index in [9.17, 15) is 14.0 Å². The number of halogens is 1. The molecule has 1 aromatic heterocycles. The minimum atomic E-state index is -0.817. The number of pyridine rings is 1. The Morgan fingerprint density at radius 3 is 2.58 bits per heavy atom. The molecule has 19 heavy (non-hydrogen) atoms. The Balaban J connectivity index is 2.64. The van der Waals surface area contributed by atoms with Crippen molar-refractivity contribution in [1.82, 2.24) is 10.3 Å². The van der Waals surface area contributed by atoms with Crippen molar-refractivity contribution in [2.75, 3.05) is 0 Å². The zero-order valence-corrected chi connectivity index (χ0v) is 11.4. The van der Waals surface area contributed by atoms with E-state index in [1.54, 1.807) is 20.8 Å². The van der Waals surface area contributed by atoms with Crippen molar-refractivity contribution in [1.29, 1.82) is 0 Å². The van der Waals surface area contributed by atoms with Crippen LogP contribution in [0, 0.1) is 5.95 Å². The third kappa shape index (κ3) is 5.03. The van der Waals surface area contributed by atoms with Gasteiger partial charge in [-0.3, -0.25) is 4.79 Å². The number of rotatable bonds is 3. The molecule has 0 radical (unpaired) electrons. The fraction of sp³-hybridized carbons (Fsp3) is 0.462. The molecule has 0 aliphatic carbocycles. The number of carbonyl (C=O) groups is 2.